The van der Waals surface area contributed by atoms with E-state index in [1.54, 1.807) is 12.1 Å². The van der Waals surface area contributed by atoms with Crippen molar-refractivity contribution in [1.82, 2.24) is 10.6 Å². The van der Waals surface area contributed by atoms with Crippen molar-refractivity contribution >= 4 is 5.96 Å². The van der Waals surface area contributed by atoms with Crippen molar-refractivity contribution in [2.45, 2.75) is 64.6 Å². The van der Waals surface area contributed by atoms with E-state index >= 15 is 0 Å². The molecule has 0 saturated heterocycles. The maximum Gasteiger partial charge on any atom is 0.191 e. The zero-order valence-electron chi connectivity index (χ0n) is 15.4. The maximum atomic E-state index is 9.60. The minimum absolute atomic E-state index is 0.286. The van der Waals surface area contributed by atoms with Crippen LogP contribution < -0.4 is 10.6 Å². The molecule has 1 aromatic rings. The fraction of sp³-hybridized carbons (Fsp3) is 0.650. The average Bonchev–Trinajstić information content (AvgIpc) is 3.12. The van der Waals surface area contributed by atoms with Gasteiger partial charge < -0.3 is 20.5 Å². The van der Waals surface area contributed by atoms with Crippen molar-refractivity contribution in [3.8, 4) is 5.75 Å². The molecule has 138 valence electrons. The van der Waals surface area contributed by atoms with E-state index in [0.29, 0.717) is 18.7 Å². The Labute approximate surface area is 150 Å². The smallest absolute Gasteiger partial charge is 0.191 e. The van der Waals surface area contributed by atoms with Gasteiger partial charge in [-0.15, -0.1) is 0 Å². The van der Waals surface area contributed by atoms with Crippen LogP contribution in [0.5, 0.6) is 5.75 Å². The van der Waals surface area contributed by atoms with Gasteiger partial charge in [-0.05, 0) is 50.8 Å². The Morgan fingerprint density at radius 2 is 2.12 bits per heavy atom. The highest BCUT2D eigenvalue weighted by atomic mass is 16.5. The summed E-state index contributed by atoms with van der Waals surface area (Å²) in [6.07, 6.45) is 6.57. The monoisotopic (exact) mass is 345 g/mol. The molecule has 0 bridgehead atoms. The topological polar surface area (TPSA) is 65.9 Å². The predicted octanol–water partition coefficient (Wildman–Crippen LogP) is 3.19. The SMILES string of the molecule is CCNC(=NCc1cccc(O)c1)NC1CC(OCC)C12CCCC2. The molecule has 1 spiro atoms. The second-order valence-electron chi connectivity index (χ2n) is 7.18. The standard InChI is InChI=1S/C20H31N3O2/c1-3-21-19(22-14-15-8-7-9-16(24)12-15)23-17-13-18(25-4-2)20(17)10-5-6-11-20/h7-9,12,17-18,24H,3-6,10-11,13-14H2,1-2H3,(H2,21,22,23). The Morgan fingerprint density at radius 3 is 2.80 bits per heavy atom. The number of hydrogen-bond acceptors (Lipinski definition) is 3. The molecule has 2 unspecified atom stereocenters. The Morgan fingerprint density at radius 1 is 1.32 bits per heavy atom. The van der Waals surface area contributed by atoms with Gasteiger partial charge in [0.05, 0.1) is 12.6 Å². The Balaban J connectivity index is 1.66. The lowest BCUT2D eigenvalue weighted by Crippen LogP contribution is -2.65. The van der Waals surface area contributed by atoms with Crippen molar-refractivity contribution in [3.05, 3.63) is 29.8 Å². The molecule has 2 saturated carbocycles. The number of hydrogen-bond donors (Lipinski definition) is 3. The van der Waals surface area contributed by atoms with Crippen LogP contribution in [-0.2, 0) is 11.3 Å². The van der Waals surface area contributed by atoms with Crippen LogP contribution in [0.2, 0.25) is 0 Å². The van der Waals surface area contributed by atoms with Gasteiger partial charge in [-0.1, -0.05) is 25.0 Å². The zero-order chi connectivity index (χ0) is 17.7. The molecule has 25 heavy (non-hydrogen) atoms. The lowest BCUT2D eigenvalue weighted by molar-refractivity contribution is -0.125. The first kappa shape index (κ1) is 18.1. The minimum Gasteiger partial charge on any atom is -0.508 e. The normalized spacial score (nSPS) is 25.0. The number of aromatic hydroxyl groups is 1. The molecule has 2 fully saturated rings. The molecule has 0 amide bonds. The maximum absolute atomic E-state index is 9.60. The number of guanidine groups is 1. The fourth-order valence-electron chi connectivity index (χ4n) is 4.40. The second-order valence-corrected chi connectivity index (χ2v) is 7.18. The quantitative estimate of drug-likeness (QED) is 0.547. The van der Waals surface area contributed by atoms with Crippen LogP contribution >= 0.6 is 0 Å². The number of ether oxygens (including phenoxy) is 1. The zero-order valence-corrected chi connectivity index (χ0v) is 15.4. The van der Waals surface area contributed by atoms with Crippen molar-refractivity contribution in [3.63, 3.8) is 0 Å². The Bertz CT molecular complexity index is 596. The highest BCUT2D eigenvalue weighted by molar-refractivity contribution is 5.80. The number of aliphatic imine (C=N–C) groups is 1. The van der Waals surface area contributed by atoms with E-state index in [9.17, 15) is 5.11 Å². The molecule has 5 nitrogen and oxygen atoms in total. The van der Waals surface area contributed by atoms with Crippen molar-refractivity contribution in [1.29, 1.82) is 0 Å². The largest absolute Gasteiger partial charge is 0.508 e. The average molecular weight is 345 g/mol. The molecule has 0 aromatic heterocycles. The first-order valence-corrected chi connectivity index (χ1v) is 9.62. The van der Waals surface area contributed by atoms with E-state index in [1.807, 2.05) is 12.1 Å². The van der Waals surface area contributed by atoms with Gasteiger partial charge in [0.15, 0.2) is 5.96 Å². The molecular weight excluding hydrogens is 314 g/mol. The number of rotatable bonds is 6. The summed E-state index contributed by atoms with van der Waals surface area (Å²) < 4.78 is 6.00. The molecule has 2 aliphatic carbocycles. The van der Waals surface area contributed by atoms with E-state index in [-0.39, 0.29) is 11.2 Å². The van der Waals surface area contributed by atoms with E-state index < -0.39 is 0 Å². The summed E-state index contributed by atoms with van der Waals surface area (Å²) in [5.41, 5.74) is 1.30. The number of nitrogens with one attached hydrogen (secondary N) is 2. The van der Waals surface area contributed by atoms with Crippen LogP contribution in [0.4, 0.5) is 0 Å². The van der Waals surface area contributed by atoms with Gasteiger partial charge in [0.1, 0.15) is 5.75 Å². The number of nitrogens with zero attached hydrogens (tertiary/aromatic N) is 1. The molecule has 5 heteroatoms. The van der Waals surface area contributed by atoms with Crippen molar-refractivity contribution in [2.24, 2.45) is 10.4 Å². The number of phenols is 1. The molecule has 0 radical (unpaired) electrons. The molecule has 3 N–H and O–H groups in total. The molecule has 3 rings (SSSR count). The van der Waals surface area contributed by atoms with Crippen LogP contribution in [0.15, 0.2) is 29.3 Å². The molecule has 2 atom stereocenters. The van der Waals surface area contributed by atoms with Gasteiger partial charge in [-0.3, -0.25) is 0 Å². The van der Waals surface area contributed by atoms with Crippen LogP contribution in [0.3, 0.4) is 0 Å². The predicted molar refractivity (Wildman–Crippen MR) is 101 cm³/mol. The number of phenolic OH excluding ortho intramolecular Hbond substituents is 1. The van der Waals surface area contributed by atoms with Crippen LogP contribution in [0.1, 0.15) is 51.5 Å². The van der Waals surface area contributed by atoms with Crippen LogP contribution in [0.25, 0.3) is 0 Å². The second kappa shape index (κ2) is 8.09. The summed E-state index contributed by atoms with van der Waals surface area (Å²) in [7, 11) is 0. The molecule has 2 aliphatic rings. The Hall–Kier alpha value is -1.75. The third-order valence-electron chi connectivity index (χ3n) is 5.67. The fourth-order valence-corrected chi connectivity index (χ4v) is 4.40. The van der Waals surface area contributed by atoms with E-state index in [1.165, 1.54) is 25.7 Å². The lowest BCUT2D eigenvalue weighted by Gasteiger charge is -2.54. The summed E-state index contributed by atoms with van der Waals surface area (Å²) in [5.74, 6) is 1.14. The summed E-state index contributed by atoms with van der Waals surface area (Å²) in [5, 5.41) is 16.6. The minimum atomic E-state index is 0.286. The van der Waals surface area contributed by atoms with Gasteiger partial charge >= 0.3 is 0 Å². The van der Waals surface area contributed by atoms with E-state index in [0.717, 1.165) is 31.1 Å². The third-order valence-corrected chi connectivity index (χ3v) is 5.67. The van der Waals surface area contributed by atoms with Crippen molar-refractivity contribution < 1.29 is 9.84 Å². The Kier molecular flexibility index (Phi) is 5.84. The van der Waals surface area contributed by atoms with Gasteiger partial charge in [-0.25, -0.2) is 4.99 Å². The summed E-state index contributed by atoms with van der Waals surface area (Å²) in [6.45, 7) is 6.36. The van der Waals surface area contributed by atoms with Crippen LogP contribution in [0, 0.1) is 5.41 Å². The summed E-state index contributed by atoms with van der Waals surface area (Å²) >= 11 is 0. The van der Waals surface area contributed by atoms with E-state index in [4.69, 9.17) is 9.73 Å². The van der Waals surface area contributed by atoms with Crippen LogP contribution in [-0.4, -0.2) is 36.4 Å². The first-order valence-electron chi connectivity index (χ1n) is 9.62. The van der Waals surface area contributed by atoms with Crippen molar-refractivity contribution in [2.75, 3.05) is 13.2 Å². The molecule has 1 aromatic carbocycles. The van der Waals surface area contributed by atoms with E-state index in [2.05, 4.69) is 24.5 Å². The first-order chi connectivity index (χ1) is 12.2. The highest BCUT2D eigenvalue weighted by Crippen LogP contribution is 2.54. The molecule has 0 heterocycles. The third kappa shape index (κ3) is 3.92. The van der Waals surface area contributed by atoms with Gasteiger partial charge in [0, 0.05) is 24.6 Å². The van der Waals surface area contributed by atoms with Gasteiger partial charge in [0.2, 0.25) is 0 Å². The lowest BCUT2D eigenvalue weighted by atomic mass is 9.60. The number of benzene rings is 1. The molecule has 0 aliphatic heterocycles. The summed E-state index contributed by atoms with van der Waals surface area (Å²) in [4.78, 5) is 4.71. The molecular formula is C20H31N3O2. The van der Waals surface area contributed by atoms with Gasteiger partial charge in [-0.2, -0.15) is 0 Å². The highest BCUT2D eigenvalue weighted by Gasteiger charge is 2.56. The van der Waals surface area contributed by atoms with Gasteiger partial charge in [0.25, 0.3) is 0 Å². The summed E-state index contributed by atoms with van der Waals surface area (Å²) in [6, 6.07) is 7.73.